The Kier molecular flexibility index (Phi) is 4.02. The highest BCUT2D eigenvalue weighted by molar-refractivity contribution is 7.19. The van der Waals surface area contributed by atoms with Gasteiger partial charge in [0.15, 0.2) is 0 Å². The molecule has 0 aliphatic heterocycles. The lowest BCUT2D eigenvalue weighted by atomic mass is 10.1. The summed E-state index contributed by atoms with van der Waals surface area (Å²) < 4.78 is 6.30. The first kappa shape index (κ1) is 13.8. The number of benzene rings is 2. The summed E-state index contributed by atoms with van der Waals surface area (Å²) in [5, 5.41) is 1.29. The fourth-order valence-electron chi connectivity index (χ4n) is 2.30. The summed E-state index contributed by atoms with van der Waals surface area (Å²) in [6, 6.07) is 18.3. The molecule has 1 aromatic heterocycles. The highest BCUT2D eigenvalue weighted by Gasteiger charge is 2.07. The van der Waals surface area contributed by atoms with Crippen molar-refractivity contribution in [2.24, 2.45) is 0 Å². The van der Waals surface area contributed by atoms with Gasteiger partial charge in [-0.3, -0.25) is 0 Å². The average molecular weight is 296 g/mol. The largest absolute Gasteiger partial charge is 0.462 e. The van der Waals surface area contributed by atoms with Gasteiger partial charge in [-0.2, -0.15) is 0 Å². The molecule has 2 nitrogen and oxygen atoms in total. The molecule has 0 amide bonds. The molecule has 0 fully saturated rings. The van der Waals surface area contributed by atoms with Crippen molar-refractivity contribution in [3.05, 3.63) is 70.6 Å². The second kappa shape index (κ2) is 6.10. The lowest BCUT2D eigenvalue weighted by Gasteiger charge is -2.03. The Morgan fingerprint density at radius 3 is 2.57 bits per heavy atom. The smallest absolute Gasteiger partial charge is 0.338 e. The third kappa shape index (κ3) is 3.14. The monoisotopic (exact) mass is 296 g/mol. The van der Waals surface area contributed by atoms with Crippen LogP contribution >= 0.6 is 11.3 Å². The predicted molar refractivity (Wildman–Crippen MR) is 87.0 cm³/mol. The third-order valence-corrected chi connectivity index (χ3v) is 4.44. The van der Waals surface area contributed by atoms with Crippen molar-refractivity contribution in [1.82, 2.24) is 0 Å². The van der Waals surface area contributed by atoms with Gasteiger partial charge in [-0.15, -0.1) is 11.3 Å². The fourth-order valence-corrected chi connectivity index (χ4v) is 3.40. The second-order valence-corrected chi connectivity index (χ2v) is 6.01. The quantitative estimate of drug-likeness (QED) is 0.654. The number of hydrogen-bond acceptors (Lipinski definition) is 3. The van der Waals surface area contributed by atoms with Crippen LogP contribution in [0.25, 0.3) is 10.1 Å². The standard InChI is InChI=1S/C18H16O2S/c1-2-20-18(19)14-9-7-13(8-10-14)11-16-12-15-5-3-4-6-17(15)21-16/h3-10,12H,2,11H2,1H3. The summed E-state index contributed by atoms with van der Waals surface area (Å²) in [5.74, 6) is -0.258. The summed E-state index contributed by atoms with van der Waals surface area (Å²) in [4.78, 5) is 12.9. The Morgan fingerprint density at radius 1 is 1.10 bits per heavy atom. The topological polar surface area (TPSA) is 26.3 Å². The van der Waals surface area contributed by atoms with Gasteiger partial charge in [-0.25, -0.2) is 4.79 Å². The molecule has 0 unspecified atom stereocenters. The molecule has 21 heavy (non-hydrogen) atoms. The summed E-state index contributed by atoms with van der Waals surface area (Å²) in [6.07, 6.45) is 0.891. The molecule has 0 aliphatic rings. The van der Waals surface area contributed by atoms with Gasteiger partial charge >= 0.3 is 5.97 Å². The molecular formula is C18H16O2S. The first-order valence-corrected chi connectivity index (χ1v) is 7.81. The van der Waals surface area contributed by atoms with Gasteiger partial charge < -0.3 is 4.74 Å². The molecule has 0 atom stereocenters. The zero-order valence-corrected chi connectivity index (χ0v) is 12.7. The number of ether oxygens (including phenoxy) is 1. The Bertz CT molecular complexity index is 723. The van der Waals surface area contributed by atoms with E-state index in [0.29, 0.717) is 12.2 Å². The first-order chi connectivity index (χ1) is 10.3. The van der Waals surface area contributed by atoms with E-state index < -0.39 is 0 Å². The van der Waals surface area contributed by atoms with Crippen LogP contribution in [-0.2, 0) is 11.2 Å². The van der Waals surface area contributed by atoms with Crippen molar-refractivity contribution < 1.29 is 9.53 Å². The van der Waals surface area contributed by atoms with Crippen molar-refractivity contribution in [2.75, 3.05) is 6.61 Å². The summed E-state index contributed by atoms with van der Waals surface area (Å²) in [6.45, 7) is 2.22. The molecule has 0 aliphatic carbocycles. The van der Waals surface area contributed by atoms with Crippen LogP contribution in [0.4, 0.5) is 0 Å². The molecule has 1 heterocycles. The third-order valence-electron chi connectivity index (χ3n) is 3.32. The van der Waals surface area contributed by atoms with E-state index in [1.54, 1.807) is 0 Å². The van der Waals surface area contributed by atoms with Crippen LogP contribution < -0.4 is 0 Å². The highest BCUT2D eigenvalue weighted by Crippen LogP contribution is 2.27. The van der Waals surface area contributed by atoms with Crippen LogP contribution in [0, 0.1) is 0 Å². The van der Waals surface area contributed by atoms with Crippen LogP contribution in [0.5, 0.6) is 0 Å². The van der Waals surface area contributed by atoms with Crippen molar-refractivity contribution in [2.45, 2.75) is 13.3 Å². The van der Waals surface area contributed by atoms with E-state index in [4.69, 9.17) is 4.74 Å². The highest BCUT2D eigenvalue weighted by atomic mass is 32.1. The van der Waals surface area contributed by atoms with E-state index in [2.05, 4.69) is 30.3 Å². The fraction of sp³-hybridized carbons (Fsp3) is 0.167. The minimum Gasteiger partial charge on any atom is -0.462 e. The van der Waals surface area contributed by atoms with Gasteiger partial charge in [0.25, 0.3) is 0 Å². The van der Waals surface area contributed by atoms with Crippen molar-refractivity contribution in [1.29, 1.82) is 0 Å². The first-order valence-electron chi connectivity index (χ1n) is 7.00. The molecule has 0 bridgehead atoms. The average Bonchev–Trinajstić information content (AvgIpc) is 2.90. The van der Waals surface area contributed by atoms with Crippen LogP contribution in [0.15, 0.2) is 54.6 Å². The minimum atomic E-state index is -0.258. The summed E-state index contributed by atoms with van der Waals surface area (Å²) in [5.41, 5.74) is 1.81. The second-order valence-electron chi connectivity index (χ2n) is 4.84. The van der Waals surface area contributed by atoms with Crippen LogP contribution in [0.2, 0.25) is 0 Å². The summed E-state index contributed by atoms with van der Waals surface area (Å²) in [7, 11) is 0. The maximum Gasteiger partial charge on any atom is 0.338 e. The zero-order valence-electron chi connectivity index (χ0n) is 11.8. The molecule has 0 saturated carbocycles. The van der Waals surface area contributed by atoms with Crippen LogP contribution in [0.1, 0.15) is 27.7 Å². The molecule has 3 heteroatoms. The number of esters is 1. The lowest BCUT2D eigenvalue weighted by molar-refractivity contribution is 0.0526. The number of carbonyl (C=O) groups is 1. The van der Waals surface area contributed by atoms with E-state index in [-0.39, 0.29) is 5.97 Å². The zero-order chi connectivity index (χ0) is 14.7. The van der Waals surface area contributed by atoms with Crippen LogP contribution in [-0.4, -0.2) is 12.6 Å². The maximum absolute atomic E-state index is 11.6. The molecule has 3 rings (SSSR count). The predicted octanol–water partition coefficient (Wildman–Crippen LogP) is 4.67. The normalized spacial score (nSPS) is 10.7. The number of thiophene rings is 1. The van der Waals surface area contributed by atoms with Crippen molar-refractivity contribution in [3.63, 3.8) is 0 Å². The number of hydrogen-bond donors (Lipinski definition) is 0. The van der Waals surface area contributed by atoms with E-state index >= 15 is 0 Å². The number of rotatable bonds is 4. The number of carbonyl (C=O) groups excluding carboxylic acids is 1. The van der Waals surface area contributed by atoms with Gasteiger partial charge in [-0.05, 0) is 42.1 Å². The molecule has 3 aromatic rings. The Labute approximate surface area is 128 Å². The Morgan fingerprint density at radius 2 is 1.86 bits per heavy atom. The van der Waals surface area contributed by atoms with Gasteiger partial charge in [0.2, 0.25) is 0 Å². The van der Waals surface area contributed by atoms with E-state index in [1.165, 1.54) is 20.5 Å². The van der Waals surface area contributed by atoms with Crippen molar-refractivity contribution in [3.8, 4) is 0 Å². The minimum absolute atomic E-state index is 0.258. The van der Waals surface area contributed by atoms with E-state index in [1.807, 2.05) is 42.5 Å². The Balaban J connectivity index is 1.77. The molecule has 2 aromatic carbocycles. The SMILES string of the molecule is CCOC(=O)c1ccc(Cc2cc3ccccc3s2)cc1. The maximum atomic E-state index is 11.6. The van der Waals surface area contributed by atoms with Gasteiger partial charge in [0, 0.05) is 16.0 Å². The summed E-state index contributed by atoms with van der Waals surface area (Å²) >= 11 is 1.82. The molecular weight excluding hydrogens is 280 g/mol. The number of fused-ring (bicyclic) bond motifs is 1. The Hall–Kier alpha value is -2.13. The molecule has 106 valence electrons. The molecule has 0 N–H and O–H groups in total. The lowest BCUT2D eigenvalue weighted by Crippen LogP contribution is -2.04. The van der Waals surface area contributed by atoms with Gasteiger partial charge in [0.05, 0.1) is 12.2 Å². The van der Waals surface area contributed by atoms with Gasteiger partial charge in [-0.1, -0.05) is 30.3 Å². The molecule has 0 radical (unpaired) electrons. The van der Waals surface area contributed by atoms with E-state index in [9.17, 15) is 4.79 Å². The van der Waals surface area contributed by atoms with E-state index in [0.717, 1.165) is 6.42 Å². The molecule has 0 spiro atoms. The van der Waals surface area contributed by atoms with Crippen molar-refractivity contribution >= 4 is 27.4 Å². The molecule has 0 saturated heterocycles. The van der Waals surface area contributed by atoms with Crippen LogP contribution in [0.3, 0.4) is 0 Å². The van der Waals surface area contributed by atoms with Gasteiger partial charge in [0.1, 0.15) is 0 Å².